The third-order valence-corrected chi connectivity index (χ3v) is 6.49. The number of amides is 3. The molecule has 2 aromatic rings. The number of nitrogens with one attached hydrogen (secondary N) is 1. The van der Waals surface area contributed by atoms with E-state index < -0.39 is 22.4 Å². The van der Waals surface area contributed by atoms with Gasteiger partial charge in [0.25, 0.3) is 0 Å². The van der Waals surface area contributed by atoms with Crippen LogP contribution in [0.15, 0.2) is 24.4 Å². The number of hydrogen-bond acceptors (Lipinski definition) is 5. The van der Waals surface area contributed by atoms with Crippen LogP contribution in [0.25, 0.3) is 0 Å². The molecule has 1 saturated heterocycles. The highest BCUT2D eigenvalue weighted by atomic mass is 35.5. The van der Waals surface area contributed by atoms with Crippen LogP contribution >= 0.6 is 22.9 Å². The second-order valence-corrected chi connectivity index (χ2v) is 8.71. The summed E-state index contributed by atoms with van der Waals surface area (Å²) in [6, 6.07) is 5.32. The summed E-state index contributed by atoms with van der Waals surface area (Å²) in [5, 5.41) is 2.87. The molecule has 7 nitrogen and oxygen atoms in total. The molecule has 1 unspecified atom stereocenters. The van der Waals surface area contributed by atoms with E-state index in [-0.39, 0.29) is 12.3 Å². The number of hydrogen-bond donors (Lipinski definition) is 1. The highest BCUT2D eigenvalue weighted by molar-refractivity contribution is 7.10. The van der Waals surface area contributed by atoms with Gasteiger partial charge in [-0.3, -0.25) is 14.4 Å². The van der Waals surface area contributed by atoms with Crippen molar-refractivity contribution in [2.45, 2.75) is 18.3 Å². The molecule has 1 aromatic heterocycles. The Balaban J connectivity index is 1.62. The first kappa shape index (κ1) is 19.8. The van der Waals surface area contributed by atoms with E-state index in [1.54, 1.807) is 17.0 Å². The van der Waals surface area contributed by atoms with E-state index in [0.717, 1.165) is 28.8 Å². The number of aromatic nitrogens is 1. The third kappa shape index (κ3) is 3.49. The molecule has 1 atom stereocenters. The molecular formula is C19H18ClFN4O3S. The highest BCUT2D eigenvalue weighted by Crippen LogP contribution is 2.47. The molecule has 4 rings (SSSR count). The topological polar surface area (TPSA) is 82.6 Å². The zero-order valence-corrected chi connectivity index (χ0v) is 17.1. The number of benzene rings is 1. The Morgan fingerprint density at radius 1 is 1.34 bits per heavy atom. The quantitative estimate of drug-likeness (QED) is 0.727. The van der Waals surface area contributed by atoms with Crippen molar-refractivity contribution in [1.29, 1.82) is 0 Å². The number of likely N-dealkylation sites (N-methyl/N-ethyl adjacent to an activating group) is 1. The van der Waals surface area contributed by atoms with E-state index in [1.165, 1.54) is 11.9 Å². The molecule has 0 radical (unpaired) electrons. The van der Waals surface area contributed by atoms with Crippen LogP contribution in [0, 0.1) is 5.13 Å². The summed E-state index contributed by atoms with van der Waals surface area (Å²) in [6.45, 7) is 1.10. The summed E-state index contributed by atoms with van der Waals surface area (Å²) in [4.78, 5) is 44.1. The van der Waals surface area contributed by atoms with E-state index >= 15 is 0 Å². The van der Waals surface area contributed by atoms with Crippen LogP contribution in [-0.4, -0.2) is 54.3 Å². The minimum Gasteiger partial charge on any atom is -0.351 e. The van der Waals surface area contributed by atoms with E-state index in [1.807, 2.05) is 6.07 Å². The zero-order chi connectivity index (χ0) is 20.8. The van der Waals surface area contributed by atoms with Crippen molar-refractivity contribution in [2.75, 3.05) is 31.6 Å². The lowest BCUT2D eigenvalue weighted by Gasteiger charge is -2.25. The fourth-order valence-corrected chi connectivity index (χ4v) is 4.91. The fourth-order valence-electron chi connectivity index (χ4n) is 4.10. The fraction of sp³-hybridized carbons (Fsp3) is 0.368. The van der Waals surface area contributed by atoms with Crippen LogP contribution in [0.1, 0.15) is 17.0 Å². The number of carbonyl (C=O) groups is 3. The van der Waals surface area contributed by atoms with Crippen LogP contribution in [0.2, 0.25) is 5.02 Å². The zero-order valence-electron chi connectivity index (χ0n) is 15.6. The molecule has 29 heavy (non-hydrogen) atoms. The largest absolute Gasteiger partial charge is 0.351 e. The van der Waals surface area contributed by atoms with Crippen LogP contribution in [0.3, 0.4) is 0 Å². The normalized spacial score (nSPS) is 20.2. The van der Waals surface area contributed by atoms with Gasteiger partial charge < -0.3 is 15.1 Å². The predicted molar refractivity (Wildman–Crippen MR) is 107 cm³/mol. The molecule has 0 aliphatic carbocycles. The lowest BCUT2D eigenvalue weighted by molar-refractivity contribution is -0.145. The maximum Gasteiger partial charge on any atom is 0.311 e. The SMILES string of the molecule is CNC(=O)C(=O)N1CCC2(C1)CN(C(=O)Cc1ncc(F)s1)c1ccc(Cl)cc12. The summed E-state index contributed by atoms with van der Waals surface area (Å²) in [5.41, 5.74) is 1.12. The average Bonchev–Trinajstić information content (AvgIpc) is 3.39. The van der Waals surface area contributed by atoms with Crippen molar-refractivity contribution < 1.29 is 18.8 Å². The number of rotatable bonds is 2. The summed E-state index contributed by atoms with van der Waals surface area (Å²) >= 11 is 7.07. The van der Waals surface area contributed by atoms with Crippen LogP contribution in [-0.2, 0) is 26.2 Å². The molecule has 1 aromatic carbocycles. The van der Waals surface area contributed by atoms with E-state index in [9.17, 15) is 18.8 Å². The van der Waals surface area contributed by atoms with Gasteiger partial charge in [-0.2, -0.15) is 4.39 Å². The third-order valence-electron chi connectivity index (χ3n) is 5.47. The number of anilines is 1. The monoisotopic (exact) mass is 436 g/mol. The number of fused-ring (bicyclic) bond motifs is 2. The maximum atomic E-state index is 13.2. The predicted octanol–water partition coefficient (Wildman–Crippen LogP) is 1.74. The standard InChI is InChI=1S/C19H18ClFN4O3S/c1-22-17(27)18(28)24-5-4-19(9-24)10-25(13-3-2-11(20)6-12(13)19)16(26)7-15-23-8-14(21)29-15/h2-3,6,8H,4-5,7,9-10H2,1H3,(H,22,27). The van der Waals surface area contributed by atoms with Gasteiger partial charge >= 0.3 is 11.8 Å². The Labute approximate surface area is 175 Å². The van der Waals surface area contributed by atoms with Gasteiger partial charge in [0.2, 0.25) is 5.91 Å². The molecule has 2 aliphatic rings. The molecule has 1 fully saturated rings. The Morgan fingerprint density at radius 2 is 2.14 bits per heavy atom. The minimum absolute atomic E-state index is 0.00633. The van der Waals surface area contributed by atoms with E-state index in [0.29, 0.717) is 36.1 Å². The van der Waals surface area contributed by atoms with Gasteiger partial charge in [-0.25, -0.2) is 4.98 Å². The summed E-state index contributed by atoms with van der Waals surface area (Å²) in [7, 11) is 1.42. The minimum atomic E-state index is -0.662. The number of likely N-dealkylation sites (tertiary alicyclic amines) is 1. The van der Waals surface area contributed by atoms with Crippen molar-refractivity contribution >= 4 is 46.3 Å². The maximum absolute atomic E-state index is 13.2. The molecular weight excluding hydrogens is 419 g/mol. The second-order valence-electron chi connectivity index (χ2n) is 7.21. The van der Waals surface area contributed by atoms with E-state index in [4.69, 9.17) is 11.6 Å². The van der Waals surface area contributed by atoms with Gasteiger partial charge in [0.1, 0.15) is 5.01 Å². The Morgan fingerprint density at radius 3 is 2.83 bits per heavy atom. The van der Waals surface area contributed by atoms with Crippen molar-refractivity contribution in [2.24, 2.45) is 0 Å². The van der Waals surface area contributed by atoms with Crippen molar-refractivity contribution in [3.8, 4) is 0 Å². The number of halogens is 2. The Bertz CT molecular complexity index is 1010. The molecule has 1 N–H and O–H groups in total. The van der Waals surface area contributed by atoms with Crippen LogP contribution in [0.5, 0.6) is 0 Å². The summed E-state index contributed by atoms with van der Waals surface area (Å²) in [5.74, 6) is -1.45. The van der Waals surface area contributed by atoms with Gasteiger partial charge in [0.05, 0.1) is 12.6 Å². The molecule has 2 aliphatic heterocycles. The second kappa shape index (κ2) is 7.38. The van der Waals surface area contributed by atoms with Gasteiger partial charge in [0, 0.05) is 42.8 Å². The van der Waals surface area contributed by atoms with Gasteiger partial charge in [-0.1, -0.05) is 22.9 Å². The number of carbonyl (C=O) groups excluding carboxylic acids is 3. The molecule has 3 amide bonds. The Kier molecular flexibility index (Phi) is 5.04. The van der Waals surface area contributed by atoms with Crippen molar-refractivity contribution in [3.63, 3.8) is 0 Å². The molecule has 3 heterocycles. The molecule has 0 saturated carbocycles. The first-order valence-corrected chi connectivity index (χ1v) is 10.2. The smallest absolute Gasteiger partial charge is 0.311 e. The highest BCUT2D eigenvalue weighted by Gasteiger charge is 2.50. The van der Waals surface area contributed by atoms with Crippen molar-refractivity contribution in [3.05, 3.63) is 45.1 Å². The van der Waals surface area contributed by atoms with Gasteiger partial charge in [-0.15, -0.1) is 0 Å². The lowest BCUT2D eigenvalue weighted by Crippen LogP contribution is -2.44. The molecule has 10 heteroatoms. The first-order valence-electron chi connectivity index (χ1n) is 9.04. The summed E-state index contributed by atoms with van der Waals surface area (Å²) in [6.07, 6.45) is 1.71. The lowest BCUT2D eigenvalue weighted by atomic mass is 9.81. The van der Waals surface area contributed by atoms with Crippen LogP contribution < -0.4 is 10.2 Å². The molecule has 1 spiro atoms. The Hall–Kier alpha value is -2.52. The van der Waals surface area contributed by atoms with Crippen molar-refractivity contribution in [1.82, 2.24) is 15.2 Å². The molecule has 152 valence electrons. The first-order chi connectivity index (χ1) is 13.8. The van der Waals surface area contributed by atoms with Crippen LogP contribution in [0.4, 0.5) is 10.1 Å². The van der Waals surface area contributed by atoms with Gasteiger partial charge in [0.15, 0.2) is 5.13 Å². The summed E-state index contributed by atoms with van der Waals surface area (Å²) < 4.78 is 13.2. The number of nitrogens with zero attached hydrogens (tertiary/aromatic N) is 3. The average molecular weight is 437 g/mol. The van der Waals surface area contributed by atoms with Gasteiger partial charge in [-0.05, 0) is 30.2 Å². The molecule has 0 bridgehead atoms. The van der Waals surface area contributed by atoms with E-state index in [2.05, 4.69) is 10.3 Å². The number of thiazole rings is 1.